The van der Waals surface area contributed by atoms with Crippen LogP contribution in [0.4, 0.5) is 0 Å². The molecule has 0 aliphatic carbocycles. The van der Waals surface area contributed by atoms with Crippen molar-refractivity contribution in [2.45, 2.75) is 20.4 Å². The second kappa shape index (κ2) is 6.42. The number of hydrogen-bond donors (Lipinski definition) is 0. The summed E-state index contributed by atoms with van der Waals surface area (Å²) in [4.78, 5) is 11.2. The van der Waals surface area contributed by atoms with Crippen molar-refractivity contribution in [3.63, 3.8) is 0 Å². The first-order valence-electron chi connectivity index (χ1n) is 4.69. The van der Waals surface area contributed by atoms with Crippen molar-refractivity contribution in [2.24, 2.45) is 0 Å². The molecule has 0 aliphatic heterocycles. The lowest BCUT2D eigenvalue weighted by molar-refractivity contribution is -0.138. The lowest BCUT2D eigenvalue weighted by atomic mass is 10.3. The van der Waals surface area contributed by atoms with Crippen LogP contribution >= 0.6 is 0 Å². The number of rotatable bonds is 6. The van der Waals surface area contributed by atoms with E-state index in [-0.39, 0.29) is 5.97 Å². The summed E-state index contributed by atoms with van der Waals surface area (Å²) in [5.41, 5.74) is 2.05. The molecule has 0 rings (SSSR count). The fourth-order valence-electron chi connectivity index (χ4n) is 0.678. The van der Waals surface area contributed by atoms with E-state index in [1.807, 2.05) is 6.55 Å². The predicted octanol–water partition coefficient (Wildman–Crippen LogP) is 1.91. The van der Waals surface area contributed by atoms with Crippen molar-refractivity contribution in [3.8, 4) is 0 Å². The van der Waals surface area contributed by atoms with Gasteiger partial charge >= 0.3 is 14.5 Å². The van der Waals surface area contributed by atoms with Crippen molar-refractivity contribution < 1.29 is 18.4 Å². The van der Waals surface area contributed by atoms with Gasteiger partial charge in [0.25, 0.3) is 0 Å². The molecule has 4 nitrogen and oxygen atoms in total. The van der Waals surface area contributed by atoms with Crippen LogP contribution in [0.1, 0.15) is 13.8 Å². The van der Waals surface area contributed by atoms with Gasteiger partial charge in [0, 0.05) is 7.11 Å². The third-order valence-corrected chi connectivity index (χ3v) is 3.98. The van der Waals surface area contributed by atoms with Gasteiger partial charge in [0.05, 0.1) is 18.4 Å². The third-order valence-electron chi connectivity index (χ3n) is 1.84. The largest absolute Gasteiger partial charge is 0.523 e. The first-order chi connectivity index (χ1) is 6.99. The summed E-state index contributed by atoms with van der Waals surface area (Å²) in [5, 5.41) is 0. The Morgan fingerprint density at radius 2 is 2.13 bits per heavy atom. The molecule has 1 atom stereocenters. The minimum atomic E-state index is -2.35. The smallest absolute Gasteiger partial charge is 0.421 e. The molecule has 0 aromatic rings. The SMILES string of the molecule is C=C[Si](C)(OC)O/C=C(\C)C(=O)OCC. The van der Waals surface area contributed by atoms with E-state index in [0.717, 1.165) is 0 Å². The lowest BCUT2D eigenvalue weighted by Crippen LogP contribution is -2.33. The van der Waals surface area contributed by atoms with Crippen LogP contribution in [0.15, 0.2) is 24.1 Å². The van der Waals surface area contributed by atoms with Crippen LogP contribution < -0.4 is 0 Å². The van der Waals surface area contributed by atoms with Crippen molar-refractivity contribution in [1.82, 2.24) is 0 Å². The Morgan fingerprint density at radius 1 is 1.53 bits per heavy atom. The summed E-state index contributed by atoms with van der Waals surface area (Å²) in [5.74, 6) is -0.381. The quantitative estimate of drug-likeness (QED) is 0.303. The van der Waals surface area contributed by atoms with Gasteiger partial charge in [0.15, 0.2) is 0 Å². The molecule has 0 radical (unpaired) electrons. The number of esters is 1. The molecule has 0 fully saturated rings. The van der Waals surface area contributed by atoms with E-state index >= 15 is 0 Å². The lowest BCUT2D eigenvalue weighted by Gasteiger charge is -2.19. The van der Waals surface area contributed by atoms with Crippen molar-refractivity contribution in [2.75, 3.05) is 13.7 Å². The first-order valence-corrected chi connectivity index (χ1v) is 7.09. The second-order valence-electron chi connectivity index (χ2n) is 3.06. The van der Waals surface area contributed by atoms with Gasteiger partial charge in [-0.2, -0.15) is 0 Å². The molecular weight excluding hydrogens is 212 g/mol. The summed E-state index contributed by atoms with van der Waals surface area (Å²) in [6, 6.07) is 0. The van der Waals surface area contributed by atoms with Crippen molar-refractivity contribution in [1.29, 1.82) is 0 Å². The Kier molecular flexibility index (Phi) is 5.96. The summed E-state index contributed by atoms with van der Waals surface area (Å²) in [7, 11) is -0.792. The molecule has 0 bridgehead atoms. The predicted molar refractivity (Wildman–Crippen MR) is 60.3 cm³/mol. The maximum absolute atomic E-state index is 11.2. The molecule has 0 aromatic heterocycles. The van der Waals surface area contributed by atoms with Crippen molar-refractivity contribution >= 4 is 14.5 Å². The van der Waals surface area contributed by atoms with Gasteiger partial charge in [-0.15, -0.1) is 6.58 Å². The van der Waals surface area contributed by atoms with Crippen LogP contribution in [0.2, 0.25) is 6.55 Å². The van der Waals surface area contributed by atoms with Crippen LogP contribution in [0.25, 0.3) is 0 Å². The van der Waals surface area contributed by atoms with E-state index in [4.69, 9.17) is 13.6 Å². The topological polar surface area (TPSA) is 44.8 Å². The molecule has 0 aliphatic rings. The monoisotopic (exact) mass is 230 g/mol. The van der Waals surface area contributed by atoms with Gasteiger partial charge in [-0.3, -0.25) is 0 Å². The Balaban J connectivity index is 4.38. The zero-order valence-electron chi connectivity index (χ0n) is 9.70. The Hall–Kier alpha value is -1.07. The Morgan fingerprint density at radius 3 is 2.53 bits per heavy atom. The van der Waals surface area contributed by atoms with Crippen LogP contribution in [0.5, 0.6) is 0 Å². The molecule has 0 heterocycles. The van der Waals surface area contributed by atoms with Crippen molar-refractivity contribution in [3.05, 3.63) is 24.1 Å². The highest BCUT2D eigenvalue weighted by molar-refractivity contribution is 6.71. The summed E-state index contributed by atoms with van der Waals surface area (Å²) in [6.07, 6.45) is 1.37. The second-order valence-corrected chi connectivity index (χ2v) is 6.15. The van der Waals surface area contributed by atoms with Gasteiger partial charge in [-0.25, -0.2) is 4.79 Å². The normalized spacial score (nSPS) is 15.3. The molecular formula is C10H18O4Si. The molecule has 0 aromatic carbocycles. The molecule has 1 unspecified atom stereocenters. The van der Waals surface area contributed by atoms with Gasteiger partial charge < -0.3 is 13.6 Å². The molecule has 0 amide bonds. The maximum atomic E-state index is 11.2. The molecule has 86 valence electrons. The van der Waals surface area contributed by atoms with Gasteiger partial charge in [0.2, 0.25) is 0 Å². The average molecular weight is 230 g/mol. The average Bonchev–Trinajstić information content (AvgIpc) is 2.25. The molecule has 0 spiro atoms. The summed E-state index contributed by atoms with van der Waals surface area (Å²) < 4.78 is 15.4. The Labute approximate surface area is 91.8 Å². The van der Waals surface area contributed by atoms with E-state index in [1.165, 1.54) is 6.26 Å². The number of ether oxygens (including phenoxy) is 1. The summed E-state index contributed by atoms with van der Waals surface area (Å²) in [6.45, 7) is 9.19. The maximum Gasteiger partial charge on any atom is 0.421 e. The van der Waals surface area contributed by atoms with Gasteiger partial charge in [-0.1, -0.05) is 0 Å². The minimum Gasteiger partial charge on any atom is -0.523 e. The van der Waals surface area contributed by atoms with Crippen LogP contribution in [-0.2, 0) is 18.4 Å². The van der Waals surface area contributed by atoms with Crippen LogP contribution in [-0.4, -0.2) is 28.2 Å². The molecule has 0 saturated carbocycles. The number of carbonyl (C=O) groups excluding carboxylic acids is 1. The molecule has 0 saturated heterocycles. The van der Waals surface area contributed by atoms with E-state index in [2.05, 4.69) is 6.58 Å². The number of carbonyl (C=O) groups is 1. The molecule has 5 heteroatoms. The highest BCUT2D eigenvalue weighted by Crippen LogP contribution is 2.09. The van der Waals surface area contributed by atoms with Crippen LogP contribution in [0, 0.1) is 0 Å². The third kappa shape index (κ3) is 4.80. The van der Waals surface area contributed by atoms with E-state index in [9.17, 15) is 4.79 Å². The number of hydrogen-bond acceptors (Lipinski definition) is 4. The Bertz CT molecular complexity index is 262. The highest BCUT2D eigenvalue weighted by Gasteiger charge is 2.26. The van der Waals surface area contributed by atoms with E-state index < -0.39 is 8.56 Å². The zero-order chi connectivity index (χ0) is 11.9. The molecule has 0 N–H and O–H groups in total. The summed E-state index contributed by atoms with van der Waals surface area (Å²) >= 11 is 0. The zero-order valence-corrected chi connectivity index (χ0v) is 10.7. The first kappa shape index (κ1) is 13.9. The fraction of sp³-hybridized carbons (Fsp3) is 0.500. The standard InChI is InChI=1S/C10H18O4Si/c1-6-13-10(11)9(3)8-14-15(5,7-2)12-4/h7-8H,2,6H2,1,3-5H3/b9-8+. The highest BCUT2D eigenvalue weighted by atomic mass is 28.4. The van der Waals surface area contributed by atoms with Gasteiger partial charge in [-0.05, 0) is 26.1 Å². The van der Waals surface area contributed by atoms with E-state index in [1.54, 1.807) is 26.7 Å². The fourth-order valence-corrected chi connectivity index (χ4v) is 1.45. The van der Waals surface area contributed by atoms with E-state index in [0.29, 0.717) is 12.2 Å². The van der Waals surface area contributed by atoms with Crippen LogP contribution in [0.3, 0.4) is 0 Å². The molecule has 15 heavy (non-hydrogen) atoms. The van der Waals surface area contributed by atoms with Gasteiger partial charge in [0.1, 0.15) is 0 Å². The minimum absolute atomic E-state index is 0.352.